The summed E-state index contributed by atoms with van der Waals surface area (Å²) < 4.78 is 0. The van der Waals surface area contributed by atoms with Crippen molar-refractivity contribution in [3.8, 4) is 0 Å². The van der Waals surface area contributed by atoms with Gasteiger partial charge in [0.15, 0.2) is 0 Å². The van der Waals surface area contributed by atoms with Crippen LogP contribution in [0.5, 0.6) is 0 Å². The van der Waals surface area contributed by atoms with Gasteiger partial charge in [0, 0.05) is 38.4 Å². The maximum Gasteiger partial charge on any atom is 0.123 e. The lowest BCUT2D eigenvalue weighted by atomic mass is 10.1. The molecular weight excluding hydrogens is 212 g/mol. The summed E-state index contributed by atoms with van der Waals surface area (Å²) in [4.78, 5) is 9.10. The van der Waals surface area contributed by atoms with Gasteiger partial charge in [-0.1, -0.05) is 13.0 Å². The monoisotopic (exact) mass is 234 g/mol. The van der Waals surface area contributed by atoms with Gasteiger partial charge in [0.25, 0.3) is 0 Å². The molecule has 4 heteroatoms. The van der Waals surface area contributed by atoms with E-state index >= 15 is 0 Å². The van der Waals surface area contributed by atoms with Crippen LogP contribution in [0.2, 0.25) is 0 Å². The number of nitrogen functional groups attached to an aromatic ring is 1. The van der Waals surface area contributed by atoms with E-state index in [-0.39, 0.29) is 0 Å². The van der Waals surface area contributed by atoms with E-state index in [0.29, 0.717) is 11.9 Å². The molecule has 1 atom stereocenters. The number of pyridine rings is 1. The third-order valence-corrected chi connectivity index (χ3v) is 3.59. The van der Waals surface area contributed by atoms with Gasteiger partial charge in [-0.25, -0.2) is 4.98 Å². The highest BCUT2D eigenvalue weighted by molar-refractivity contribution is 5.29. The van der Waals surface area contributed by atoms with E-state index in [0.717, 1.165) is 26.2 Å². The molecule has 2 rings (SSSR count). The molecule has 1 fully saturated rings. The Kier molecular flexibility index (Phi) is 3.97. The molecule has 2 N–H and O–H groups in total. The highest BCUT2D eigenvalue weighted by Crippen LogP contribution is 2.13. The normalized spacial score (nSPS) is 22.8. The Morgan fingerprint density at radius 2 is 2.24 bits per heavy atom. The van der Waals surface area contributed by atoms with Gasteiger partial charge in [0.2, 0.25) is 0 Å². The number of nitrogens with zero attached hydrogens (tertiary/aromatic N) is 3. The first-order valence-electron chi connectivity index (χ1n) is 6.32. The molecule has 1 unspecified atom stereocenters. The van der Waals surface area contributed by atoms with Crippen LogP contribution in [-0.4, -0.2) is 47.5 Å². The molecule has 1 aliphatic rings. The molecule has 0 spiro atoms. The second kappa shape index (κ2) is 5.47. The number of rotatable bonds is 3. The first kappa shape index (κ1) is 12.3. The molecule has 1 aliphatic heterocycles. The highest BCUT2D eigenvalue weighted by atomic mass is 15.3. The van der Waals surface area contributed by atoms with Crippen molar-refractivity contribution in [2.45, 2.75) is 25.9 Å². The Morgan fingerprint density at radius 1 is 1.41 bits per heavy atom. The van der Waals surface area contributed by atoms with Crippen molar-refractivity contribution in [1.29, 1.82) is 0 Å². The molecule has 1 aromatic heterocycles. The quantitative estimate of drug-likeness (QED) is 0.853. The lowest BCUT2D eigenvalue weighted by Crippen LogP contribution is -2.50. The predicted molar refractivity (Wildman–Crippen MR) is 70.6 cm³/mol. The van der Waals surface area contributed by atoms with Crippen LogP contribution in [0.4, 0.5) is 5.82 Å². The Hall–Kier alpha value is -1.13. The molecule has 0 aliphatic carbocycles. The third kappa shape index (κ3) is 3.17. The summed E-state index contributed by atoms with van der Waals surface area (Å²) in [6.45, 7) is 6.68. The van der Waals surface area contributed by atoms with Gasteiger partial charge in [0.05, 0.1) is 0 Å². The molecule has 2 heterocycles. The third-order valence-electron chi connectivity index (χ3n) is 3.59. The number of likely N-dealkylation sites (N-methyl/N-ethyl adjacent to an activating group) is 1. The van der Waals surface area contributed by atoms with Crippen molar-refractivity contribution in [3.63, 3.8) is 0 Å². The number of anilines is 1. The van der Waals surface area contributed by atoms with Crippen LogP contribution < -0.4 is 5.73 Å². The van der Waals surface area contributed by atoms with E-state index in [1.54, 1.807) is 0 Å². The zero-order chi connectivity index (χ0) is 12.3. The molecule has 0 saturated carbocycles. The standard InChI is InChI=1S/C13H22N4/c1-3-12-10-17(7-6-16(12)2)9-11-4-5-13(14)15-8-11/h4-5,8,12H,3,6-7,9-10H2,1-2H3,(H2,14,15). The number of nitrogens with two attached hydrogens (primary N) is 1. The zero-order valence-corrected chi connectivity index (χ0v) is 10.8. The Balaban J connectivity index is 1.93. The molecule has 4 nitrogen and oxygen atoms in total. The van der Waals surface area contributed by atoms with Crippen LogP contribution in [0.15, 0.2) is 18.3 Å². The van der Waals surface area contributed by atoms with Crippen LogP contribution in [0.3, 0.4) is 0 Å². The zero-order valence-electron chi connectivity index (χ0n) is 10.8. The summed E-state index contributed by atoms with van der Waals surface area (Å²) in [5.41, 5.74) is 6.84. The minimum absolute atomic E-state index is 0.596. The molecule has 0 aromatic carbocycles. The van der Waals surface area contributed by atoms with E-state index in [2.05, 4.69) is 34.8 Å². The Labute approximate surface area is 103 Å². The molecule has 17 heavy (non-hydrogen) atoms. The SMILES string of the molecule is CCC1CN(Cc2ccc(N)nc2)CCN1C. The number of aromatic nitrogens is 1. The van der Waals surface area contributed by atoms with Crippen LogP contribution >= 0.6 is 0 Å². The van der Waals surface area contributed by atoms with Gasteiger partial charge >= 0.3 is 0 Å². The van der Waals surface area contributed by atoms with Crippen molar-refractivity contribution in [1.82, 2.24) is 14.8 Å². The Morgan fingerprint density at radius 3 is 2.88 bits per heavy atom. The van der Waals surface area contributed by atoms with Crippen molar-refractivity contribution < 1.29 is 0 Å². The molecule has 1 saturated heterocycles. The summed E-state index contributed by atoms with van der Waals surface area (Å²) in [5.74, 6) is 0.596. The molecule has 0 radical (unpaired) electrons. The molecular formula is C13H22N4. The van der Waals surface area contributed by atoms with E-state index in [9.17, 15) is 0 Å². The van der Waals surface area contributed by atoms with Gasteiger partial charge in [-0.05, 0) is 25.1 Å². The van der Waals surface area contributed by atoms with E-state index in [4.69, 9.17) is 5.73 Å². The van der Waals surface area contributed by atoms with E-state index in [1.165, 1.54) is 12.0 Å². The summed E-state index contributed by atoms with van der Waals surface area (Å²) in [5, 5.41) is 0. The van der Waals surface area contributed by atoms with Crippen LogP contribution in [0, 0.1) is 0 Å². The number of hydrogen-bond donors (Lipinski definition) is 1. The fourth-order valence-electron chi connectivity index (χ4n) is 2.38. The second-order valence-electron chi connectivity index (χ2n) is 4.87. The van der Waals surface area contributed by atoms with E-state index < -0.39 is 0 Å². The smallest absolute Gasteiger partial charge is 0.123 e. The van der Waals surface area contributed by atoms with Crippen molar-refractivity contribution in [2.75, 3.05) is 32.4 Å². The summed E-state index contributed by atoms with van der Waals surface area (Å²) in [6.07, 6.45) is 3.10. The molecule has 0 amide bonds. The lowest BCUT2D eigenvalue weighted by Gasteiger charge is -2.39. The van der Waals surface area contributed by atoms with Gasteiger partial charge < -0.3 is 10.6 Å². The molecule has 94 valence electrons. The second-order valence-corrected chi connectivity index (χ2v) is 4.87. The van der Waals surface area contributed by atoms with Crippen LogP contribution in [-0.2, 0) is 6.54 Å². The largest absolute Gasteiger partial charge is 0.384 e. The van der Waals surface area contributed by atoms with Gasteiger partial charge in [-0.2, -0.15) is 0 Å². The minimum atomic E-state index is 0.596. The average Bonchev–Trinajstić information content (AvgIpc) is 2.34. The number of piperazine rings is 1. The summed E-state index contributed by atoms with van der Waals surface area (Å²) in [7, 11) is 2.22. The van der Waals surface area contributed by atoms with Gasteiger partial charge in [0.1, 0.15) is 5.82 Å². The number of hydrogen-bond acceptors (Lipinski definition) is 4. The topological polar surface area (TPSA) is 45.4 Å². The molecule has 0 bridgehead atoms. The first-order valence-corrected chi connectivity index (χ1v) is 6.32. The average molecular weight is 234 g/mol. The van der Waals surface area contributed by atoms with Crippen molar-refractivity contribution in [3.05, 3.63) is 23.9 Å². The summed E-state index contributed by atoms with van der Waals surface area (Å²) in [6, 6.07) is 4.63. The maximum atomic E-state index is 5.59. The fourth-order valence-corrected chi connectivity index (χ4v) is 2.38. The summed E-state index contributed by atoms with van der Waals surface area (Å²) >= 11 is 0. The van der Waals surface area contributed by atoms with Gasteiger partial charge in [-0.3, -0.25) is 4.90 Å². The Bertz CT molecular complexity index is 349. The van der Waals surface area contributed by atoms with E-state index in [1.807, 2.05) is 12.3 Å². The lowest BCUT2D eigenvalue weighted by molar-refractivity contribution is 0.0883. The first-order chi connectivity index (χ1) is 8.19. The van der Waals surface area contributed by atoms with Crippen LogP contribution in [0.1, 0.15) is 18.9 Å². The van der Waals surface area contributed by atoms with Crippen LogP contribution in [0.25, 0.3) is 0 Å². The van der Waals surface area contributed by atoms with Gasteiger partial charge in [-0.15, -0.1) is 0 Å². The maximum absolute atomic E-state index is 5.59. The highest BCUT2D eigenvalue weighted by Gasteiger charge is 2.22. The predicted octanol–water partition coefficient (Wildman–Crippen LogP) is 1.19. The van der Waals surface area contributed by atoms with Crippen molar-refractivity contribution >= 4 is 5.82 Å². The molecule has 1 aromatic rings. The van der Waals surface area contributed by atoms with Crippen molar-refractivity contribution in [2.24, 2.45) is 0 Å². The fraction of sp³-hybridized carbons (Fsp3) is 0.615. The minimum Gasteiger partial charge on any atom is -0.384 e.